The molecule has 0 aliphatic carbocycles. The van der Waals surface area contributed by atoms with E-state index in [1.165, 1.54) is 0 Å². The van der Waals surface area contributed by atoms with Gasteiger partial charge in [0.25, 0.3) is 0 Å². The molecule has 1 N–H and O–H groups in total. The second-order valence-electron chi connectivity index (χ2n) is 4.67. The smallest absolute Gasteiger partial charge is 0.198 e. The third-order valence-electron chi connectivity index (χ3n) is 2.66. The molecule has 0 bridgehead atoms. The predicted molar refractivity (Wildman–Crippen MR) is 67.7 cm³/mol. The fourth-order valence-electron chi connectivity index (χ4n) is 1.93. The lowest BCUT2D eigenvalue weighted by atomic mass is 10.1. The van der Waals surface area contributed by atoms with Crippen molar-refractivity contribution in [3.63, 3.8) is 0 Å². The molecule has 4 heteroatoms. The SMILES string of the molecule is CC(C)Cc1nc2nc3ccccc3nc2[nH]1. The molecule has 86 valence electrons. The lowest BCUT2D eigenvalue weighted by Gasteiger charge is -1.98. The third kappa shape index (κ3) is 1.86. The van der Waals surface area contributed by atoms with Crippen LogP contribution in [0.1, 0.15) is 19.7 Å². The van der Waals surface area contributed by atoms with Crippen molar-refractivity contribution in [2.75, 3.05) is 0 Å². The van der Waals surface area contributed by atoms with Gasteiger partial charge in [-0.15, -0.1) is 0 Å². The molecule has 0 fully saturated rings. The molecule has 0 aliphatic heterocycles. The van der Waals surface area contributed by atoms with Crippen molar-refractivity contribution in [1.29, 1.82) is 0 Å². The Hall–Kier alpha value is -1.97. The van der Waals surface area contributed by atoms with E-state index < -0.39 is 0 Å². The van der Waals surface area contributed by atoms with Crippen molar-refractivity contribution < 1.29 is 0 Å². The molecule has 0 saturated heterocycles. The van der Waals surface area contributed by atoms with E-state index in [1.807, 2.05) is 24.3 Å². The normalized spacial score (nSPS) is 11.7. The van der Waals surface area contributed by atoms with Gasteiger partial charge in [0, 0.05) is 6.42 Å². The fraction of sp³-hybridized carbons (Fsp3) is 0.308. The molecule has 0 aliphatic rings. The molecule has 3 rings (SSSR count). The minimum Gasteiger partial charge on any atom is -0.325 e. The zero-order valence-corrected chi connectivity index (χ0v) is 9.94. The fourth-order valence-corrected chi connectivity index (χ4v) is 1.93. The maximum absolute atomic E-state index is 4.53. The molecule has 17 heavy (non-hydrogen) atoms. The molecule has 0 radical (unpaired) electrons. The van der Waals surface area contributed by atoms with Crippen LogP contribution in [0, 0.1) is 5.92 Å². The number of rotatable bonds is 2. The van der Waals surface area contributed by atoms with Gasteiger partial charge < -0.3 is 4.98 Å². The van der Waals surface area contributed by atoms with Gasteiger partial charge in [-0.2, -0.15) is 0 Å². The third-order valence-corrected chi connectivity index (χ3v) is 2.66. The maximum atomic E-state index is 4.53. The van der Waals surface area contributed by atoms with Crippen LogP contribution in [-0.4, -0.2) is 19.9 Å². The molecule has 0 amide bonds. The Bertz CT molecular complexity index is 617. The van der Waals surface area contributed by atoms with E-state index in [4.69, 9.17) is 0 Å². The van der Waals surface area contributed by atoms with Gasteiger partial charge in [-0.05, 0) is 18.1 Å². The number of hydrogen-bond donors (Lipinski definition) is 1. The zero-order chi connectivity index (χ0) is 11.8. The van der Waals surface area contributed by atoms with Crippen molar-refractivity contribution >= 4 is 22.3 Å². The quantitative estimate of drug-likeness (QED) is 0.731. The second kappa shape index (κ2) is 3.80. The number of imidazole rings is 1. The Morgan fingerprint density at radius 2 is 1.76 bits per heavy atom. The molecule has 2 aromatic heterocycles. The minimum absolute atomic E-state index is 0.574. The summed E-state index contributed by atoms with van der Waals surface area (Å²) in [6, 6.07) is 7.85. The highest BCUT2D eigenvalue weighted by Gasteiger charge is 2.08. The molecular weight excluding hydrogens is 212 g/mol. The van der Waals surface area contributed by atoms with Crippen LogP contribution in [0.25, 0.3) is 22.3 Å². The largest absolute Gasteiger partial charge is 0.325 e. The standard InChI is InChI=1S/C13H14N4/c1-8(2)7-11-16-12-13(17-11)15-10-6-4-3-5-9(10)14-12/h3-6,8H,7H2,1-2H3,(H,14,15,16,17). The summed E-state index contributed by atoms with van der Waals surface area (Å²) in [5.41, 5.74) is 3.28. The number of fused-ring (bicyclic) bond motifs is 2. The van der Waals surface area contributed by atoms with Crippen LogP contribution in [0.5, 0.6) is 0 Å². The highest BCUT2D eigenvalue weighted by molar-refractivity contribution is 5.82. The first-order valence-electron chi connectivity index (χ1n) is 5.84. The van der Waals surface area contributed by atoms with E-state index in [0.29, 0.717) is 11.6 Å². The Morgan fingerprint density at radius 1 is 1.06 bits per heavy atom. The van der Waals surface area contributed by atoms with E-state index in [2.05, 4.69) is 33.8 Å². The van der Waals surface area contributed by atoms with Gasteiger partial charge in [-0.25, -0.2) is 15.0 Å². The average Bonchev–Trinajstić information content (AvgIpc) is 2.65. The molecule has 1 aromatic carbocycles. The van der Waals surface area contributed by atoms with Gasteiger partial charge in [0.15, 0.2) is 11.3 Å². The first-order valence-corrected chi connectivity index (χ1v) is 5.84. The van der Waals surface area contributed by atoms with Gasteiger partial charge in [0.2, 0.25) is 0 Å². The lowest BCUT2D eigenvalue weighted by Crippen LogP contribution is -1.95. The summed E-state index contributed by atoms with van der Waals surface area (Å²) in [4.78, 5) is 16.7. The summed E-state index contributed by atoms with van der Waals surface area (Å²) >= 11 is 0. The number of aromatic nitrogens is 4. The summed E-state index contributed by atoms with van der Waals surface area (Å²) in [7, 11) is 0. The van der Waals surface area contributed by atoms with Crippen LogP contribution >= 0.6 is 0 Å². The first-order chi connectivity index (χ1) is 8.22. The number of H-pyrrole nitrogens is 1. The van der Waals surface area contributed by atoms with Crippen molar-refractivity contribution in [3.8, 4) is 0 Å². The number of hydrogen-bond acceptors (Lipinski definition) is 3. The number of nitrogens with one attached hydrogen (secondary N) is 1. The van der Waals surface area contributed by atoms with E-state index >= 15 is 0 Å². The van der Waals surface area contributed by atoms with Crippen LogP contribution in [0.4, 0.5) is 0 Å². The molecule has 0 atom stereocenters. The van der Waals surface area contributed by atoms with Gasteiger partial charge in [-0.1, -0.05) is 26.0 Å². The van der Waals surface area contributed by atoms with Crippen molar-refractivity contribution in [1.82, 2.24) is 19.9 Å². The molecule has 2 heterocycles. The minimum atomic E-state index is 0.574. The summed E-state index contributed by atoms with van der Waals surface area (Å²) < 4.78 is 0. The lowest BCUT2D eigenvalue weighted by molar-refractivity contribution is 0.627. The number of para-hydroxylation sites is 2. The Morgan fingerprint density at radius 3 is 2.47 bits per heavy atom. The number of benzene rings is 1. The summed E-state index contributed by atoms with van der Waals surface area (Å²) in [6.07, 6.45) is 0.925. The van der Waals surface area contributed by atoms with Crippen LogP contribution in [0.3, 0.4) is 0 Å². The van der Waals surface area contributed by atoms with Gasteiger partial charge in [-0.3, -0.25) is 0 Å². The Kier molecular flexibility index (Phi) is 2.28. The monoisotopic (exact) mass is 226 g/mol. The molecule has 4 nitrogen and oxygen atoms in total. The molecular formula is C13H14N4. The van der Waals surface area contributed by atoms with E-state index in [-0.39, 0.29) is 0 Å². The van der Waals surface area contributed by atoms with E-state index in [1.54, 1.807) is 0 Å². The van der Waals surface area contributed by atoms with Crippen LogP contribution in [0.2, 0.25) is 0 Å². The summed E-state index contributed by atoms with van der Waals surface area (Å²) in [5.74, 6) is 1.54. The molecule has 0 unspecified atom stereocenters. The van der Waals surface area contributed by atoms with Crippen LogP contribution in [0.15, 0.2) is 24.3 Å². The molecule has 0 saturated carbocycles. The van der Waals surface area contributed by atoms with Crippen LogP contribution < -0.4 is 0 Å². The van der Waals surface area contributed by atoms with E-state index in [9.17, 15) is 0 Å². The number of nitrogens with zero attached hydrogens (tertiary/aromatic N) is 3. The highest BCUT2D eigenvalue weighted by atomic mass is 15.0. The topological polar surface area (TPSA) is 54.5 Å². The van der Waals surface area contributed by atoms with Crippen molar-refractivity contribution in [2.24, 2.45) is 5.92 Å². The van der Waals surface area contributed by atoms with Gasteiger partial charge >= 0.3 is 0 Å². The van der Waals surface area contributed by atoms with Crippen molar-refractivity contribution in [3.05, 3.63) is 30.1 Å². The van der Waals surface area contributed by atoms with E-state index in [0.717, 1.165) is 28.9 Å². The molecule has 3 aromatic rings. The van der Waals surface area contributed by atoms with Gasteiger partial charge in [0.05, 0.1) is 11.0 Å². The van der Waals surface area contributed by atoms with Gasteiger partial charge in [0.1, 0.15) is 5.82 Å². The Balaban J connectivity index is 2.18. The number of aromatic amines is 1. The zero-order valence-electron chi connectivity index (χ0n) is 9.94. The van der Waals surface area contributed by atoms with Crippen molar-refractivity contribution in [2.45, 2.75) is 20.3 Å². The summed E-state index contributed by atoms with van der Waals surface area (Å²) in [6.45, 7) is 4.34. The Labute approximate surface area is 99.1 Å². The average molecular weight is 226 g/mol. The van der Waals surface area contributed by atoms with Crippen LogP contribution in [-0.2, 0) is 6.42 Å². The first kappa shape index (κ1) is 10.2. The second-order valence-corrected chi connectivity index (χ2v) is 4.67. The predicted octanol–water partition coefficient (Wildman–Crippen LogP) is 2.70. The summed E-state index contributed by atoms with van der Waals surface area (Å²) in [5, 5.41) is 0. The molecule has 0 spiro atoms. The highest BCUT2D eigenvalue weighted by Crippen LogP contribution is 2.15. The maximum Gasteiger partial charge on any atom is 0.198 e.